The van der Waals surface area contributed by atoms with Crippen LogP contribution < -0.4 is 15.4 Å². The van der Waals surface area contributed by atoms with Crippen LogP contribution in [0.15, 0.2) is 4.99 Å². The van der Waals surface area contributed by atoms with Crippen LogP contribution in [0.1, 0.15) is 26.2 Å². The third-order valence-corrected chi connectivity index (χ3v) is 4.92. The molecule has 0 radical (unpaired) electrons. The highest BCUT2D eigenvalue weighted by Crippen LogP contribution is 2.07. The summed E-state index contributed by atoms with van der Waals surface area (Å²) in [7, 11) is -1.40. The van der Waals surface area contributed by atoms with Crippen LogP contribution in [0.3, 0.4) is 0 Å². The summed E-state index contributed by atoms with van der Waals surface area (Å²) in [5.41, 5.74) is 0. The van der Waals surface area contributed by atoms with Gasteiger partial charge >= 0.3 is 0 Å². The highest BCUT2D eigenvalue weighted by Gasteiger charge is 2.09. The van der Waals surface area contributed by atoms with Crippen molar-refractivity contribution < 1.29 is 8.42 Å². The minimum absolute atomic E-state index is 0. The predicted molar refractivity (Wildman–Crippen MR) is 103 cm³/mol. The van der Waals surface area contributed by atoms with Crippen molar-refractivity contribution in [2.75, 3.05) is 52.1 Å². The van der Waals surface area contributed by atoms with Crippen molar-refractivity contribution in [1.82, 2.24) is 20.3 Å². The number of hydrogen-bond donors (Lipinski definition) is 3. The number of rotatable bonds is 8. The molecule has 1 fully saturated rings. The van der Waals surface area contributed by atoms with Crippen LogP contribution in [0.4, 0.5) is 0 Å². The van der Waals surface area contributed by atoms with Gasteiger partial charge in [0, 0.05) is 33.2 Å². The number of halogens is 1. The van der Waals surface area contributed by atoms with E-state index < -0.39 is 10.0 Å². The summed E-state index contributed by atoms with van der Waals surface area (Å²) in [6.45, 7) is 6.74. The zero-order chi connectivity index (χ0) is 15.6. The summed E-state index contributed by atoms with van der Waals surface area (Å²) >= 11 is 0. The lowest BCUT2D eigenvalue weighted by Gasteiger charge is -2.26. The van der Waals surface area contributed by atoms with Crippen molar-refractivity contribution in [3.05, 3.63) is 0 Å². The van der Waals surface area contributed by atoms with Crippen LogP contribution in [-0.4, -0.2) is 71.3 Å². The number of nitrogens with zero attached hydrogens (tertiary/aromatic N) is 2. The Bertz CT molecular complexity index is 411. The fourth-order valence-corrected chi connectivity index (χ4v) is 2.84. The van der Waals surface area contributed by atoms with Crippen LogP contribution in [-0.2, 0) is 10.0 Å². The molecular formula is C13H30IN5O2S. The Morgan fingerprint density at radius 1 is 1.09 bits per heavy atom. The van der Waals surface area contributed by atoms with Crippen LogP contribution >= 0.6 is 24.0 Å². The maximum absolute atomic E-state index is 11.3. The van der Waals surface area contributed by atoms with Gasteiger partial charge in [-0.1, -0.05) is 6.42 Å². The standard InChI is InChI=1S/C13H29N5O2S.HI/c1-3-21(19,20)17-8-7-15-13(14-2)16-9-12-18-10-5-4-6-11-18;/h17H,3-12H2,1-2H3,(H2,14,15,16);1H. The lowest BCUT2D eigenvalue weighted by atomic mass is 10.1. The summed E-state index contributed by atoms with van der Waals surface area (Å²) in [6.07, 6.45) is 3.94. The molecule has 7 nitrogen and oxygen atoms in total. The molecule has 0 unspecified atom stereocenters. The molecule has 0 aliphatic carbocycles. The van der Waals surface area contributed by atoms with Crippen molar-refractivity contribution in [1.29, 1.82) is 0 Å². The number of guanidine groups is 1. The minimum Gasteiger partial charge on any atom is -0.355 e. The van der Waals surface area contributed by atoms with Gasteiger partial charge in [-0.3, -0.25) is 4.99 Å². The smallest absolute Gasteiger partial charge is 0.211 e. The molecule has 3 N–H and O–H groups in total. The van der Waals surface area contributed by atoms with Crippen molar-refractivity contribution in [2.24, 2.45) is 4.99 Å². The second kappa shape index (κ2) is 12.3. The third kappa shape index (κ3) is 9.80. The molecule has 0 atom stereocenters. The maximum atomic E-state index is 11.3. The van der Waals surface area contributed by atoms with E-state index in [-0.39, 0.29) is 29.7 Å². The SMILES string of the molecule is CCS(=O)(=O)NCCNC(=NC)NCCN1CCCCC1.I. The highest BCUT2D eigenvalue weighted by molar-refractivity contribution is 14.0. The molecule has 0 bridgehead atoms. The molecule has 0 amide bonds. The molecule has 1 aliphatic rings. The molecule has 1 aliphatic heterocycles. The lowest BCUT2D eigenvalue weighted by Crippen LogP contribution is -2.44. The van der Waals surface area contributed by atoms with Gasteiger partial charge in [0.25, 0.3) is 0 Å². The zero-order valence-electron chi connectivity index (χ0n) is 13.6. The van der Waals surface area contributed by atoms with Crippen LogP contribution in [0.25, 0.3) is 0 Å². The molecule has 0 aromatic heterocycles. The summed E-state index contributed by atoms with van der Waals surface area (Å²) in [5.74, 6) is 0.818. The summed E-state index contributed by atoms with van der Waals surface area (Å²) in [4.78, 5) is 6.58. The molecule has 132 valence electrons. The summed E-state index contributed by atoms with van der Waals surface area (Å²) < 4.78 is 25.1. The monoisotopic (exact) mass is 447 g/mol. The van der Waals surface area contributed by atoms with Gasteiger partial charge in [0.15, 0.2) is 5.96 Å². The Kier molecular flexibility index (Phi) is 12.2. The first-order chi connectivity index (χ1) is 10.1. The van der Waals surface area contributed by atoms with E-state index in [9.17, 15) is 8.42 Å². The topological polar surface area (TPSA) is 85.8 Å². The fraction of sp³-hybridized carbons (Fsp3) is 0.923. The molecule has 9 heteroatoms. The van der Waals surface area contributed by atoms with Gasteiger partial charge in [-0.05, 0) is 32.9 Å². The Morgan fingerprint density at radius 3 is 2.32 bits per heavy atom. The molecule has 0 spiro atoms. The number of hydrogen-bond acceptors (Lipinski definition) is 4. The lowest BCUT2D eigenvalue weighted by molar-refractivity contribution is 0.232. The molecule has 1 rings (SSSR count). The Balaban J connectivity index is 0.00000441. The van der Waals surface area contributed by atoms with Gasteiger partial charge in [0.2, 0.25) is 10.0 Å². The Morgan fingerprint density at radius 2 is 1.73 bits per heavy atom. The van der Waals surface area contributed by atoms with Gasteiger partial charge < -0.3 is 15.5 Å². The Labute approximate surface area is 151 Å². The number of aliphatic imine (C=N–C) groups is 1. The number of sulfonamides is 1. The third-order valence-electron chi connectivity index (χ3n) is 3.51. The normalized spacial score (nSPS) is 16.9. The van der Waals surface area contributed by atoms with Crippen LogP contribution in [0.5, 0.6) is 0 Å². The summed E-state index contributed by atoms with van der Waals surface area (Å²) in [5, 5.41) is 6.35. The fourth-order valence-electron chi connectivity index (χ4n) is 2.23. The molecule has 0 saturated carbocycles. The van der Waals surface area contributed by atoms with E-state index in [1.807, 2.05) is 0 Å². The second-order valence-corrected chi connectivity index (χ2v) is 7.22. The number of nitrogens with one attached hydrogen (secondary N) is 3. The largest absolute Gasteiger partial charge is 0.355 e. The van der Waals surface area contributed by atoms with Crippen LogP contribution in [0.2, 0.25) is 0 Å². The van der Waals surface area contributed by atoms with E-state index >= 15 is 0 Å². The van der Waals surface area contributed by atoms with E-state index in [1.54, 1.807) is 14.0 Å². The molecular weight excluding hydrogens is 417 g/mol. The minimum atomic E-state index is -3.11. The first-order valence-corrected chi connectivity index (χ1v) is 9.37. The van der Waals surface area contributed by atoms with Crippen molar-refractivity contribution in [3.63, 3.8) is 0 Å². The molecule has 0 aromatic carbocycles. The van der Waals surface area contributed by atoms with E-state index in [1.165, 1.54) is 32.4 Å². The van der Waals surface area contributed by atoms with E-state index in [0.717, 1.165) is 13.1 Å². The van der Waals surface area contributed by atoms with Gasteiger partial charge in [-0.2, -0.15) is 0 Å². The van der Waals surface area contributed by atoms with E-state index in [0.29, 0.717) is 19.0 Å². The highest BCUT2D eigenvalue weighted by atomic mass is 127. The Hall–Kier alpha value is -0.130. The van der Waals surface area contributed by atoms with Crippen molar-refractivity contribution >= 4 is 40.0 Å². The van der Waals surface area contributed by atoms with E-state index in [2.05, 4.69) is 25.2 Å². The molecule has 22 heavy (non-hydrogen) atoms. The van der Waals surface area contributed by atoms with Crippen molar-refractivity contribution in [2.45, 2.75) is 26.2 Å². The summed E-state index contributed by atoms with van der Waals surface area (Å²) in [6, 6.07) is 0. The maximum Gasteiger partial charge on any atom is 0.211 e. The number of likely N-dealkylation sites (tertiary alicyclic amines) is 1. The predicted octanol–water partition coefficient (Wildman–Crippen LogP) is 0.195. The van der Waals surface area contributed by atoms with Gasteiger partial charge in [0.1, 0.15) is 0 Å². The van der Waals surface area contributed by atoms with Gasteiger partial charge in [-0.25, -0.2) is 13.1 Å². The zero-order valence-corrected chi connectivity index (χ0v) is 16.7. The number of piperidine rings is 1. The van der Waals surface area contributed by atoms with Gasteiger partial charge in [-0.15, -0.1) is 24.0 Å². The molecule has 1 heterocycles. The van der Waals surface area contributed by atoms with Crippen LogP contribution in [0, 0.1) is 0 Å². The first kappa shape index (κ1) is 21.9. The molecule has 0 aromatic rings. The average Bonchev–Trinajstić information content (AvgIpc) is 2.50. The first-order valence-electron chi connectivity index (χ1n) is 7.71. The second-order valence-electron chi connectivity index (χ2n) is 5.13. The van der Waals surface area contributed by atoms with Crippen molar-refractivity contribution in [3.8, 4) is 0 Å². The molecule has 1 saturated heterocycles. The van der Waals surface area contributed by atoms with Gasteiger partial charge in [0.05, 0.1) is 5.75 Å². The van der Waals surface area contributed by atoms with E-state index in [4.69, 9.17) is 0 Å². The average molecular weight is 447 g/mol. The quantitative estimate of drug-likeness (QED) is 0.214.